The SMILES string of the molecule is O=C(CC12C[C@@H]3C[C@@H](CC(O)(C3)C1)C2)NO. The van der Waals surface area contributed by atoms with Crippen molar-refractivity contribution in [1.29, 1.82) is 0 Å². The minimum Gasteiger partial charge on any atom is -0.390 e. The van der Waals surface area contributed by atoms with Crippen LogP contribution < -0.4 is 5.48 Å². The second-order valence-electron chi connectivity index (χ2n) is 6.40. The summed E-state index contributed by atoms with van der Waals surface area (Å²) in [5, 5.41) is 19.1. The molecule has 4 heteroatoms. The molecule has 3 N–H and O–H groups in total. The summed E-state index contributed by atoms with van der Waals surface area (Å²) in [5.74, 6) is 0.890. The number of aliphatic hydroxyl groups is 1. The third-order valence-corrected chi connectivity index (χ3v) is 4.81. The summed E-state index contributed by atoms with van der Waals surface area (Å²) in [6.45, 7) is 0. The van der Waals surface area contributed by atoms with Crippen LogP contribution in [0.1, 0.15) is 44.9 Å². The molecule has 4 atom stereocenters. The summed E-state index contributed by atoms with van der Waals surface area (Å²) >= 11 is 0. The van der Waals surface area contributed by atoms with Gasteiger partial charge in [0.15, 0.2) is 0 Å². The Balaban J connectivity index is 1.83. The first-order valence-corrected chi connectivity index (χ1v) is 6.18. The Morgan fingerprint density at radius 3 is 2.38 bits per heavy atom. The Kier molecular flexibility index (Phi) is 2.11. The van der Waals surface area contributed by atoms with E-state index in [0.29, 0.717) is 18.3 Å². The number of rotatable bonds is 2. The molecular weight excluding hydrogens is 206 g/mol. The number of hydroxylamine groups is 1. The zero-order chi connectivity index (χ0) is 11.4. The van der Waals surface area contributed by atoms with E-state index in [1.165, 1.54) is 6.42 Å². The molecule has 2 unspecified atom stereocenters. The van der Waals surface area contributed by atoms with Crippen molar-refractivity contribution < 1.29 is 15.1 Å². The van der Waals surface area contributed by atoms with Gasteiger partial charge in [0.05, 0.1) is 5.60 Å². The first-order chi connectivity index (χ1) is 7.53. The molecule has 4 fully saturated rings. The van der Waals surface area contributed by atoms with Crippen LogP contribution in [0.3, 0.4) is 0 Å². The number of hydrogen-bond donors (Lipinski definition) is 3. The third kappa shape index (κ3) is 1.55. The lowest BCUT2D eigenvalue weighted by molar-refractivity contribution is -0.171. The van der Waals surface area contributed by atoms with E-state index < -0.39 is 5.60 Å². The van der Waals surface area contributed by atoms with Gasteiger partial charge in [-0.05, 0) is 55.8 Å². The minimum atomic E-state index is -0.514. The van der Waals surface area contributed by atoms with Crippen LogP contribution in [0.4, 0.5) is 0 Å². The lowest BCUT2D eigenvalue weighted by Gasteiger charge is -2.60. The van der Waals surface area contributed by atoms with Crippen molar-refractivity contribution in [3.8, 4) is 0 Å². The van der Waals surface area contributed by atoms with Crippen molar-refractivity contribution >= 4 is 5.91 Å². The van der Waals surface area contributed by atoms with E-state index in [1.54, 1.807) is 5.48 Å². The van der Waals surface area contributed by atoms with E-state index in [0.717, 1.165) is 32.1 Å². The molecule has 0 radical (unpaired) electrons. The van der Waals surface area contributed by atoms with Crippen LogP contribution in [-0.4, -0.2) is 21.8 Å². The van der Waals surface area contributed by atoms with Crippen LogP contribution in [-0.2, 0) is 4.79 Å². The quantitative estimate of drug-likeness (QED) is 0.489. The Labute approximate surface area is 95.0 Å². The second kappa shape index (κ2) is 3.20. The maximum Gasteiger partial charge on any atom is 0.243 e. The van der Waals surface area contributed by atoms with Crippen molar-refractivity contribution in [3.05, 3.63) is 0 Å². The lowest BCUT2D eigenvalue weighted by Crippen LogP contribution is -2.56. The fraction of sp³-hybridized carbons (Fsp3) is 0.917. The molecule has 16 heavy (non-hydrogen) atoms. The highest BCUT2D eigenvalue weighted by atomic mass is 16.5. The molecule has 4 bridgehead atoms. The fourth-order valence-electron chi connectivity index (χ4n) is 4.99. The summed E-state index contributed by atoms with van der Waals surface area (Å²) in [4.78, 5) is 11.4. The van der Waals surface area contributed by atoms with Crippen molar-refractivity contribution in [1.82, 2.24) is 5.48 Å². The number of hydrogen-bond acceptors (Lipinski definition) is 3. The van der Waals surface area contributed by atoms with Gasteiger partial charge >= 0.3 is 0 Å². The van der Waals surface area contributed by atoms with Gasteiger partial charge in [0.1, 0.15) is 0 Å². The topological polar surface area (TPSA) is 69.6 Å². The number of carbonyl (C=O) groups is 1. The van der Waals surface area contributed by atoms with Gasteiger partial charge in [-0.3, -0.25) is 10.0 Å². The average Bonchev–Trinajstić information content (AvgIpc) is 2.12. The highest BCUT2D eigenvalue weighted by Gasteiger charge is 2.57. The Hall–Kier alpha value is -0.610. The van der Waals surface area contributed by atoms with Gasteiger partial charge in [-0.25, -0.2) is 5.48 Å². The molecule has 4 rings (SSSR count). The lowest BCUT2D eigenvalue weighted by atomic mass is 9.47. The van der Waals surface area contributed by atoms with Crippen LogP contribution in [0.15, 0.2) is 0 Å². The van der Waals surface area contributed by atoms with Crippen molar-refractivity contribution in [2.45, 2.75) is 50.5 Å². The molecule has 1 amide bonds. The maximum atomic E-state index is 11.4. The molecule has 0 aromatic carbocycles. The second-order valence-corrected chi connectivity index (χ2v) is 6.40. The van der Waals surface area contributed by atoms with Gasteiger partial charge in [0.25, 0.3) is 0 Å². The summed E-state index contributed by atoms with van der Waals surface area (Å²) < 4.78 is 0. The predicted octanol–water partition coefficient (Wildman–Crippen LogP) is 1.21. The summed E-state index contributed by atoms with van der Waals surface area (Å²) in [6.07, 6.45) is 6.31. The molecule has 0 aromatic rings. The highest BCUT2D eigenvalue weighted by molar-refractivity contribution is 5.75. The van der Waals surface area contributed by atoms with Crippen LogP contribution in [0.5, 0.6) is 0 Å². The Morgan fingerprint density at radius 2 is 1.88 bits per heavy atom. The largest absolute Gasteiger partial charge is 0.390 e. The molecule has 0 saturated heterocycles. The number of carbonyl (C=O) groups excluding carboxylic acids is 1. The average molecular weight is 225 g/mol. The Bertz CT molecular complexity index is 314. The molecule has 0 heterocycles. The van der Waals surface area contributed by atoms with Crippen LogP contribution >= 0.6 is 0 Å². The van der Waals surface area contributed by atoms with Crippen molar-refractivity contribution in [2.24, 2.45) is 17.3 Å². The van der Waals surface area contributed by atoms with Gasteiger partial charge in [0, 0.05) is 6.42 Å². The molecule has 0 spiro atoms. The number of nitrogens with one attached hydrogen (secondary N) is 1. The molecule has 4 aliphatic rings. The normalized spacial score (nSPS) is 49.4. The Morgan fingerprint density at radius 1 is 1.25 bits per heavy atom. The predicted molar refractivity (Wildman–Crippen MR) is 56.6 cm³/mol. The van der Waals surface area contributed by atoms with E-state index in [1.807, 2.05) is 0 Å². The summed E-state index contributed by atoms with van der Waals surface area (Å²) in [7, 11) is 0. The van der Waals surface area contributed by atoms with Gasteiger partial charge < -0.3 is 5.11 Å². The van der Waals surface area contributed by atoms with E-state index in [2.05, 4.69) is 0 Å². The molecule has 4 nitrogen and oxygen atoms in total. The van der Waals surface area contributed by atoms with E-state index >= 15 is 0 Å². The number of amides is 1. The van der Waals surface area contributed by atoms with E-state index in [9.17, 15) is 9.90 Å². The van der Waals surface area contributed by atoms with Crippen LogP contribution in [0.25, 0.3) is 0 Å². The van der Waals surface area contributed by atoms with Crippen molar-refractivity contribution in [2.75, 3.05) is 0 Å². The fourth-order valence-corrected chi connectivity index (χ4v) is 4.99. The first kappa shape index (κ1) is 10.5. The third-order valence-electron chi connectivity index (χ3n) is 4.81. The summed E-state index contributed by atoms with van der Waals surface area (Å²) in [5.41, 5.74) is 1.18. The van der Waals surface area contributed by atoms with E-state index in [-0.39, 0.29) is 11.3 Å². The molecular formula is C12H19NO3. The van der Waals surface area contributed by atoms with Gasteiger partial charge in [-0.2, -0.15) is 0 Å². The zero-order valence-electron chi connectivity index (χ0n) is 9.41. The van der Waals surface area contributed by atoms with Gasteiger partial charge in [-0.1, -0.05) is 0 Å². The maximum absolute atomic E-state index is 11.4. The van der Waals surface area contributed by atoms with Crippen LogP contribution in [0.2, 0.25) is 0 Å². The van der Waals surface area contributed by atoms with E-state index in [4.69, 9.17) is 5.21 Å². The van der Waals surface area contributed by atoms with Gasteiger partial charge in [-0.15, -0.1) is 0 Å². The van der Waals surface area contributed by atoms with Crippen molar-refractivity contribution in [3.63, 3.8) is 0 Å². The molecule has 4 aliphatic carbocycles. The summed E-state index contributed by atoms with van der Waals surface area (Å²) in [6, 6.07) is 0. The molecule has 90 valence electrons. The smallest absolute Gasteiger partial charge is 0.243 e. The molecule has 4 saturated carbocycles. The highest BCUT2D eigenvalue weighted by Crippen LogP contribution is 2.62. The zero-order valence-corrected chi connectivity index (χ0v) is 9.41. The first-order valence-electron chi connectivity index (χ1n) is 6.18. The van der Waals surface area contributed by atoms with Gasteiger partial charge in [0.2, 0.25) is 5.91 Å². The monoisotopic (exact) mass is 225 g/mol. The minimum absolute atomic E-state index is 0.0361. The standard InChI is InChI=1S/C12H19NO3/c14-10(13-16)6-11-2-8-1-9(3-11)5-12(15,4-8)7-11/h8-9,15-16H,1-7H2,(H,13,14)/t8-,9+,11?,12?. The molecule has 0 aliphatic heterocycles. The van der Waals surface area contributed by atoms with Crippen LogP contribution in [0, 0.1) is 17.3 Å². The molecule has 0 aromatic heterocycles.